The average Bonchev–Trinajstić information content (AvgIpc) is 2.75. The third-order valence-electron chi connectivity index (χ3n) is 3.57. The molecule has 1 amide bonds. The van der Waals surface area contributed by atoms with Gasteiger partial charge < -0.3 is 9.88 Å². The van der Waals surface area contributed by atoms with Crippen LogP contribution in [0.4, 0.5) is 0 Å². The summed E-state index contributed by atoms with van der Waals surface area (Å²) in [7, 11) is 1.94. The maximum Gasteiger partial charge on any atom is 0.230 e. The van der Waals surface area contributed by atoms with Gasteiger partial charge >= 0.3 is 0 Å². The number of rotatable bonds is 4. The second-order valence-electron chi connectivity index (χ2n) is 5.05. The standard InChI is InChI=1S/C13H21N3OS/c1-10-5-3-4-6-11(10)15-12(17)9-18-13-14-7-8-16(13)2/h7-8,10-11H,3-6,9H2,1-2H3,(H,15,17)/t10-,11+/m0/s1. The molecule has 0 spiro atoms. The molecule has 0 radical (unpaired) electrons. The topological polar surface area (TPSA) is 46.9 Å². The lowest BCUT2D eigenvalue weighted by molar-refractivity contribution is -0.119. The molecule has 1 aliphatic rings. The predicted octanol–water partition coefficient (Wildman–Crippen LogP) is 2.21. The first-order valence-corrected chi connectivity index (χ1v) is 7.55. The number of aromatic nitrogens is 2. The number of carbonyl (C=O) groups is 1. The Hall–Kier alpha value is -0.970. The monoisotopic (exact) mass is 267 g/mol. The van der Waals surface area contributed by atoms with Crippen molar-refractivity contribution in [2.24, 2.45) is 13.0 Å². The maximum atomic E-state index is 11.9. The van der Waals surface area contributed by atoms with Crippen LogP contribution < -0.4 is 5.32 Å². The van der Waals surface area contributed by atoms with Crippen molar-refractivity contribution in [3.63, 3.8) is 0 Å². The van der Waals surface area contributed by atoms with Crippen LogP contribution in [0, 0.1) is 5.92 Å². The number of hydrogen-bond acceptors (Lipinski definition) is 3. The van der Waals surface area contributed by atoms with E-state index >= 15 is 0 Å². The molecule has 5 heteroatoms. The molecule has 1 aliphatic carbocycles. The van der Waals surface area contributed by atoms with E-state index in [1.54, 1.807) is 6.20 Å². The van der Waals surface area contributed by atoms with Gasteiger partial charge in [-0.3, -0.25) is 4.79 Å². The van der Waals surface area contributed by atoms with Crippen molar-refractivity contribution in [3.05, 3.63) is 12.4 Å². The molecule has 4 nitrogen and oxygen atoms in total. The number of nitrogens with zero attached hydrogens (tertiary/aromatic N) is 2. The highest BCUT2D eigenvalue weighted by atomic mass is 32.2. The molecule has 0 aliphatic heterocycles. The van der Waals surface area contributed by atoms with Gasteiger partial charge in [-0.05, 0) is 18.8 Å². The van der Waals surface area contributed by atoms with Crippen LogP contribution in [-0.2, 0) is 11.8 Å². The Kier molecular flexibility index (Phi) is 4.69. The SMILES string of the molecule is C[C@H]1CCCC[C@H]1NC(=O)CSc1nccn1C. The molecule has 2 atom stereocenters. The van der Waals surface area contributed by atoms with E-state index in [0.29, 0.717) is 17.7 Å². The van der Waals surface area contributed by atoms with E-state index < -0.39 is 0 Å². The summed E-state index contributed by atoms with van der Waals surface area (Å²) < 4.78 is 1.93. The van der Waals surface area contributed by atoms with E-state index in [4.69, 9.17) is 0 Å². The Balaban J connectivity index is 1.76. The first kappa shape index (κ1) is 13.5. The number of nitrogens with one attached hydrogen (secondary N) is 1. The van der Waals surface area contributed by atoms with E-state index in [2.05, 4.69) is 17.2 Å². The molecule has 0 aromatic carbocycles. The molecule has 1 fully saturated rings. The zero-order valence-corrected chi connectivity index (χ0v) is 11.9. The first-order chi connectivity index (χ1) is 8.66. The van der Waals surface area contributed by atoms with E-state index in [1.165, 1.54) is 31.0 Å². The molecule has 1 aromatic rings. The van der Waals surface area contributed by atoms with Gasteiger partial charge in [-0.1, -0.05) is 31.5 Å². The Morgan fingerprint density at radius 3 is 3.00 bits per heavy atom. The van der Waals surface area contributed by atoms with Crippen molar-refractivity contribution >= 4 is 17.7 Å². The highest BCUT2D eigenvalue weighted by molar-refractivity contribution is 7.99. The van der Waals surface area contributed by atoms with Crippen LogP contribution in [-0.4, -0.2) is 27.3 Å². The van der Waals surface area contributed by atoms with Crippen LogP contribution in [0.5, 0.6) is 0 Å². The predicted molar refractivity (Wildman–Crippen MR) is 73.5 cm³/mol. The summed E-state index contributed by atoms with van der Waals surface area (Å²) in [5, 5.41) is 4.04. The van der Waals surface area contributed by atoms with Gasteiger partial charge in [-0.25, -0.2) is 4.98 Å². The third-order valence-corrected chi connectivity index (χ3v) is 4.63. The Morgan fingerprint density at radius 2 is 2.33 bits per heavy atom. The number of thioether (sulfide) groups is 1. The number of aryl methyl sites for hydroxylation is 1. The molecule has 18 heavy (non-hydrogen) atoms. The van der Waals surface area contributed by atoms with E-state index in [1.807, 2.05) is 17.8 Å². The Bertz CT molecular complexity index is 405. The van der Waals surface area contributed by atoms with Gasteiger partial charge in [0.1, 0.15) is 0 Å². The second kappa shape index (κ2) is 6.27. The molecule has 1 aromatic heterocycles. The maximum absolute atomic E-state index is 11.9. The highest BCUT2D eigenvalue weighted by Crippen LogP contribution is 2.24. The van der Waals surface area contributed by atoms with Crippen LogP contribution >= 0.6 is 11.8 Å². The zero-order valence-electron chi connectivity index (χ0n) is 11.1. The van der Waals surface area contributed by atoms with Gasteiger partial charge in [0.15, 0.2) is 5.16 Å². The zero-order chi connectivity index (χ0) is 13.0. The Labute approximate surface area is 113 Å². The van der Waals surface area contributed by atoms with Gasteiger partial charge in [-0.2, -0.15) is 0 Å². The van der Waals surface area contributed by atoms with E-state index in [9.17, 15) is 4.79 Å². The number of amides is 1. The van der Waals surface area contributed by atoms with Crippen molar-refractivity contribution in [1.82, 2.24) is 14.9 Å². The molecule has 0 bridgehead atoms. The van der Waals surface area contributed by atoms with Gasteiger partial charge in [0, 0.05) is 25.5 Å². The minimum absolute atomic E-state index is 0.127. The molecule has 1 heterocycles. The van der Waals surface area contributed by atoms with Crippen LogP contribution in [0.3, 0.4) is 0 Å². The molecule has 0 unspecified atom stereocenters. The van der Waals surface area contributed by atoms with E-state index in [-0.39, 0.29) is 5.91 Å². The quantitative estimate of drug-likeness (QED) is 0.851. The summed E-state index contributed by atoms with van der Waals surface area (Å²) in [6.07, 6.45) is 8.54. The fourth-order valence-corrected chi connectivity index (χ4v) is 3.14. The normalized spacial score (nSPS) is 23.9. The van der Waals surface area contributed by atoms with Crippen LogP contribution in [0.15, 0.2) is 17.6 Å². The molecule has 1 saturated carbocycles. The van der Waals surface area contributed by atoms with Gasteiger partial charge in [0.2, 0.25) is 5.91 Å². The lowest BCUT2D eigenvalue weighted by Crippen LogP contribution is -2.41. The van der Waals surface area contributed by atoms with Crippen molar-refractivity contribution < 1.29 is 4.79 Å². The second-order valence-corrected chi connectivity index (χ2v) is 5.99. The molecule has 100 valence electrons. The summed E-state index contributed by atoms with van der Waals surface area (Å²) in [5.74, 6) is 1.19. The third kappa shape index (κ3) is 3.51. The van der Waals surface area contributed by atoms with Crippen LogP contribution in [0.2, 0.25) is 0 Å². The van der Waals surface area contributed by atoms with Gasteiger partial charge in [0.05, 0.1) is 5.75 Å². The minimum atomic E-state index is 0.127. The largest absolute Gasteiger partial charge is 0.352 e. The lowest BCUT2D eigenvalue weighted by atomic mass is 9.86. The fourth-order valence-electron chi connectivity index (χ4n) is 2.40. The number of carbonyl (C=O) groups excluding carboxylic acids is 1. The van der Waals surface area contributed by atoms with Crippen molar-refractivity contribution in [2.75, 3.05) is 5.75 Å². The smallest absolute Gasteiger partial charge is 0.230 e. The van der Waals surface area contributed by atoms with Gasteiger partial charge in [0.25, 0.3) is 0 Å². The fraction of sp³-hybridized carbons (Fsp3) is 0.692. The summed E-state index contributed by atoms with van der Waals surface area (Å²) in [6, 6.07) is 0.369. The summed E-state index contributed by atoms with van der Waals surface area (Å²) in [6.45, 7) is 2.23. The van der Waals surface area contributed by atoms with Crippen molar-refractivity contribution in [1.29, 1.82) is 0 Å². The first-order valence-electron chi connectivity index (χ1n) is 6.56. The lowest BCUT2D eigenvalue weighted by Gasteiger charge is -2.29. The molecule has 1 N–H and O–H groups in total. The number of imidazole rings is 1. The highest BCUT2D eigenvalue weighted by Gasteiger charge is 2.22. The molecule has 2 rings (SSSR count). The molecular weight excluding hydrogens is 246 g/mol. The van der Waals surface area contributed by atoms with Gasteiger partial charge in [-0.15, -0.1) is 0 Å². The molecular formula is C13H21N3OS. The van der Waals surface area contributed by atoms with Crippen LogP contribution in [0.25, 0.3) is 0 Å². The summed E-state index contributed by atoms with van der Waals surface area (Å²) in [4.78, 5) is 16.1. The van der Waals surface area contributed by atoms with Crippen molar-refractivity contribution in [2.45, 2.75) is 43.8 Å². The Morgan fingerprint density at radius 1 is 1.56 bits per heavy atom. The van der Waals surface area contributed by atoms with Crippen LogP contribution in [0.1, 0.15) is 32.6 Å². The summed E-state index contributed by atoms with van der Waals surface area (Å²) in [5.41, 5.74) is 0. The van der Waals surface area contributed by atoms with E-state index in [0.717, 1.165) is 11.6 Å². The molecule has 0 saturated heterocycles. The summed E-state index contributed by atoms with van der Waals surface area (Å²) >= 11 is 1.49. The average molecular weight is 267 g/mol. The minimum Gasteiger partial charge on any atom is -0.352 e. The number of hydrogen-bond donors (Lipinski definition) is 1. The van der Waals surface area contributed by atoms with Crippen molar-refractivity contribution in [3.8, 4) is 0 Å².